The Morgan fingerprint density at radius 2 is 1.86 bits per heavy atom. The molecule has 21 heavy (non-hydrogen) atoms. The van der Waals surface area contributed by atoms with Crippen molar-refractivity contribution in [2.75, 3.05) is 17.2 Å². The lowest BCUT2D eigenvalue weighted by atomic mass is 10.3. The number of hydrogen-bond donors (Lipinski definition) is 2. The average Bonchev–Trinajstić information content (AvgIpc) is 2.40. The predicted molar refractivity (Wildman–Crippen MR) is 82.6 cm³/mol. The Kier molecular flexibility index (Phi) is 5.14. The van der Waals surface area contributed by atoms with E-state index in [4.69, 9.17) is 11.6 Å². The van der Waals surface area contributed by atoms with Crippen LogP contribution in [0.2, 0.25) is 5.02 Å². The maximum absolute atomic E-state index is 13.6. The summed E-state index contributed by atoms with van der Waals surface area (Å²) in [6, 6.07) is 8.43. The number of amides is 1. The summed E-state index contributed by atoms with van der Waals surface area (Å²) >= 11 is 8.77. The Morgan fingerprint density at radius 3 is 2.48 bits per heavy atom. The molecule has 0 saturated carbocycles. The first-order chi connectivity index (χ1) is 9.95. The summed E-state index contributed by atoms with van der Waals surface area (Å²) < 4.78 is 26.7. The van der Waals surface area contributed by atoms with Crippen molar-refractivity contribution in [2.24, 2.45) is 0 Å². The van der Waals surface area contributed by atoms with Gasteiger partial charge in [0.25, 0.3) is 0 Å². The minimum absolute atomic E-state index is 0.0302. The molecular weight excluding hydrogens is 366 g/mol. The van der Waals surface area contributed by atoms with Gasteiger partial charge in [0, 0.05) is 21.2 Å². The van der Waals surface area contributed by atoms with E-state index in [-0.39, 0.29) is 22.6 Å². The topological polar surface area (TPSA) is 41.1 Å². The van der Waals surface area contributed by atoms with Crippen molar-refractivity contribution >= 4 is 44.8 Å². The van der Waals surface area contributed by atoms with Gasteiger partial charge in [-0.05, 0) is 46.3 Å². The van der Waals surface area contributed by atoms with Gasteiger partial charge in [-0.25, -0.2) is 8.78 Å². The van der Waals surface area contributed by atoms with E-state index in [1.807, 2.05) is 0 Å². The number of nitrogens with one attached hydrogen (secondary N) is 2. The third-order valence-electron chi connectivity index (χ3n) is 2.56. The summed E-state index contributed by atoms with van der Waals surface area (Å²) in [5.74, 6) is -1.84. The molecule has 0 bridgehead atoms. The number of halogens is 4. The normalized spacial score (nSPS) is 10.3. The largest absolute Gasteiger partial charge is 0.373 e. The Bertz CT molecular complexity index is 642. The molecule has 0 unspecified atom stereocenters. The summed E-state index contributed by atoms with van der Waals surface area (Å²) in [6.07, 6.45) is 0. The lowest BCUT2D eigenvalue weighted by molar-refractivity contribution is -0.114. The number of rotatable bonds is 4. The zero-order valence-corrected chi connectivity index (χ0v) is 12.9. The Hall–Kier alpha value is -1.66. The van der Waals surface area contributed by atoms with Crippen molar-refractivity contribution in [3.63, 3.8) is 0 Å². The van der Waals surface area contributed by atoms with E-state index < -0.39 is 11.6 Å². The van der Waals surface area contributed by atoms with Gasteiger partial charge in [-0.2, -0.15) is 0 Å². The van der Waals surface area contributed by atoms with Gasteiger partial charge in [-0.3, -0.25) is 4.79 Å². The molecule has 2 rings (SSSR count). The second-order valence-corrected chi connectivity index (χ2v) is 5.44. The van der Waals surface area contributed by atoms with Crippen LogP contribution in [0.1, 0.15) is 0 Å². The summed E-state index contributed by atoms with van der Waals surface area (Å²) in [5.41, 5.74) is 0.604. The molecule has 3 nitrogen and oxygen atoms in total. The molecular formula is C14H10BrClF2N2O. The van der Waals surface area contributed by atoms with Gasteiger partial charge >= 0.3 is 0 Å². The van der Waals surface area contributed by atoms with Gasteiger partial charge in [-0.1, -0.05) is 11.6 Å². The summed E-state index contributed by atoms with van der Waals surface area (Å²) in [4.78, 5) is 11.7. The minimum atomic E-state index is -0.777. The van der Waals surface area contributed by atoms with Crippen LogP contribution in [0.4, 0.5) is 20.2 Å². The van der Waals surface area contributed by atoms with Gasteiger partial charge in [0.1, 0.15) is 11.6 Å². The van der Waals surface area contributed by atoms with Crippen LogP contribution in [-0.2, 0) is 4.79 Å². The third kappa shape index (κ3) is 4.41. The molecule has 0 atom stereocenters. The second-order valence-electron chi connectivity index (χ2n) is 4.15. The maximum Gasteiger partial charge on any atom is 0.243 e. The van der Waals surface area contributed by atoms with Crippen LogP contribution in [0.3, 0.4) is 0 Å². The number of anilines is 2. The molecule has 0 aliphatic heterocycles. The third-order valence-corrected chi connectivity index (χ3v) is 3.44. The fourth-order valence-electron chi connectivity index (χ4n) is 1.62. The van der Waals surface area contributed by atoms with Crippen molar-refractivity contribution < 1.29 is 13.6 Å². The van der Waals surface area contributed by atoms with Crippen molar-refractivity contribution in [3.05, 3.63) is 57.5 Å². The number of carbonyl (C=O) groups is 1. The van der Waals surface area contributed by atoms with E-state index in [0.717, 1.165) is 12.1 Å². The summed E-state index contributed by atoms with van der Waals surface area (Å²) in [5, 5.41) is 5.79. The minimum Gasteiger partial charge on any atom is -0.373 e. The van der Waals surface area contributed by atoms with Crippen molar-refractivity contribution in [2.45, 2.75) is 0 Å². The zero-order chi connectivity index (χ0) is 15.4. The Labute approximate surface area is 133 Å². The molecule has 110 valence electrons. The highest BCUT2D eigenvalue weighted by molar-refractivity contribution is 9.10. The lowest BCUT2D eigenvalue weighted by Crippen LogP contribution is -2.22. The van der Waals surface area contributed by atoms with Gasteiger partial charge in [0.2, 0.25) is 5.91 Å². The van der Waals surface area contributed by atoms with Gasteiger partial charge in [0.15, 0.2) is 0 Å². The van der Waals surface area contributed by atoms with Crippen LogP contribution < -0.4 is 10.6 Å². The smallest absolute Gasteiger partial charge is 0.243 e. The molecule has 0 aromatic heterocycles. The van der Waals surface area contributed by atoms with E-state index in [1.54, 1.807) is 24.3 Å². The second kappa shape index (κ2) is 6.87. The van der Waals surface area contributed by atoms with Crippen LogP contribution >= 0.6 is 27.5 Å². The van der Waals surface area contributed by atoms with Crippen LogP contribution in [0.25, 0.3) is 0 Å². The van der Waals surface area contributed by atoms with E-state index in [1.165, 1.54) is 0 Å². The van der Waals surface area contributed by atoms with Crippen molar-refractivity contribution in [1.82, 2.24) is 0 Å². The van der Waals surface area contributed by atoms with E-state index in [0.29, 0.717) is 10.7 Å². The summed E-state index contributed by atoms with van der Waals surface area (Å²) in [6.45, 7) is -0.163. The SMILES string of the molecule is O=C(CNc1c(F)cc(F)cc1Br)Nc1ccc(Cl)cc1. The molecule has 0 heterocycles. The zero-order valence-electron chi connectivity index (χ0n) is 10.6. The number of carbonyl (C=O) groups excluding carboxylic acids is 1. The molecule has 2 aromatic rings. The fraction of sp³-hybridized carbons (Fsp3) is 0.0714. The Morgan fingerprint density at radius 1 is 1.19 bits per heavy atom. The highest BCUT2D eigenvalue weighted by Gasteiger charge is 2.11. The standard InChI is InChI=1S/C14H10BrClF2N2O/c15-11-5-9(17)6-12(18)14(11)19-7-13(21)20-10-3-1-8(16)2-4-10/h1-6,19H,7H2,(H,20,21). The van der Waals surface area contributed by atoms with Gasteiger partial charge in [0.05, 0.1) is 12.2 Å². The molecule has 7 heteroatoms. The molecule has 0 aliphatic carbocycles. The first kappa shape index (κ1) is 15.7. The molecule has 0 spiro atoms. The summed E-state index contributed by atoms with van der Waals surface area (Å²) in [7, 11) is 0. The lowest BCUT2D eigenvalue weighted by Gasteiger charge is -2.10. The quantitative estimate of drug-likeness (QED) is 0.830. The first-order valence-electron chi connectivity index (χ1n) is 5.89. The number of benzene rings is 2. The highest BCUT2D eigenvalue weighted by Crippen LogP contribution is 2.26. The van der Waals surface area contributed by atoms with Crippen molar-refractivity contribution in [3.8, 4) is 0 Å². The monoisotopic (exact) mass is 374 g/mol. The van der Waals surface area contributed by atoms with Gasteiger partial charge < -0.3 is 10.6 Å². The highest BCUT2D eigenvalue weighted by atomic mass is 79.9. The number of hydrogen-bond acceptors (Lipinski definition) is 2. The van der Waals surface area contributed by atoms with Crippen molar-refractivity contribution in [1.29, 1.82) is 0 Å². The molecule has 2 aromatic carbocycles. The molecule has 1 amide bonds. The molecule has 2 N–H and O–H groups in total. The molecule has 0 fully saturated rings. The molecule has 0 aliphatic rings. The van der Waals surface area contributed by atoms with Crippen LogP contribution in [-0.4, -0.2) is 12.5 Å². The van der Waals surface area contributed by atoms with E-state index in [2.05, 4.69) is 26.6 Å². The maximum atomic E-state index is 13.6. The fourth-order valence-corrected chi connectivity index (χ4v) is 2.29. The average molecular weight is 376 g/mol. The van der Waals surface area contributed by atoms with E-state index >= 15 is 0 Å². The van der Waals surface area contributed by atoms with Crippen LogP contribution in [0.15, 0.2) is 40.9 Å². The molecule has 0 radical (unpaired) electrons. The van der Waals surface area contributed by atoms with Crippen LogP contribution in [0.5, 0.6) is 0 Å². The predicted octanol–water partition coefficient (Wildman–Crippen LogP) is 4.43. The first-order valence-corrected chi connectivity index (χ1v) is 7.06. The Balaban J connectivity index is 1.97. The van der Waals surface area contributed by atoms with E-state index in [9.17, 15) is 13.6 Å². The molecule has 0 saturated heterocycles. The van der Waals surface area contributed by atoms with Gasteiger partial charge in [-0.15, -0.1) is 0 Å². The van der Waals surface area contributed by atoms with Crippen LogP contribution in [0, 0.1) is 11.6 Å².